The van der Waals surface area contributed by atoms with Gasteiger partial charge in [-0.05, 0) is 49.8 Å². The van der Waals surface area contributed by atoms with Crippen LogP contribution in [-0.2, 0) is 0 Å². The second kappa shape index (κ2) is 6.10. The predicted molar refractivity (Wildman–Crippen MR) is 76.3 cm³/mol. The standard InChI is InChI=1S/C15H19ClFNO2/c1-10-4-6-15(20,7-5-10)9-18-14(19)12-8-11(16)2-3-13(12)17/h2-3,8,10,20H,4-7,9H2,1H3,(H,18,19). The quantitative estimate of drug-likeness (QED) is 0.901. The van der Waals surface area contributed by atoms with Gasteiger partial charge >= 0.3 is 0 Å². The van der Waals surface area contributed by atoms with E-state index in [4.69, 9.17) is 11.6 Å². The van der Waals surface area contributed by atoms with Crippen molar-refractivity contribution < 1.29 is 14.3 Å². The van der Waals surface area contributed by atoms with E-state index < -0.39 is 17.3 Å². The van der Waals surface area contributed by atoms with Crippen LogP contribution in [0, 0.1) is 11.7 Å². The Labute approximate surface area is 123 Å². The number of carbonyl (C=O) groups excluding carboxylic acids is 1. The van der Waals surface area contributed by atoms with Gasteiger partial charge in [-0.25, -0.2) is 4.39 Å². The molecule has 1 aliphatic rings. The number of halogens is 2. The molecule has 5 heteroatoms. The van der Waals surface area contributed by atoms with Gasteiger partial charge in [-0.1, -0.05) is 18.5 Å². The number of hydrogen-bond acceptors (Lipinski definition) is 2. The third-order valence-corrected chi connectivity index (χ3v) is 4.19. The van der Waals surface area contributed by atoms with Crippen LogP contribution in [0.25, 0.3) is 0 Å². The van der Waals surface area contributed by atoms with E-state index in [1.807, 2.05) is 0 Å². The Kier molecular flexibility index (Phi) is 4.66. The third kappa shape index (κ3) is 3.70. The molecule has 1 amide bonds. The fourth-order valence-electron chi connectivity index (χ4n) is 2.49. The van der Waals surface area contributed by atoms with E-state index in [0.717, 1.165) is 18.9 Å². The van der Waals surface area contributed by atoms with E-state index in [2.05, 4.69) is 12.2 Å². The zero-order valence-corrected chi connectivity index (χ0v) is 12.2. The number of benzene rings is 1. The van der Waals surface area contributed by atoms with Crippen LogP contribution in [0.2, 0.25) is 5.02 Å². The van der Waals surface area contributed by atoms with Crippen molar-refractivity contribution in [3.63, 3.8) is 0 Å². The van der Waals surface area contributed by atoms with Crippen molar-refractivity contribution in [2.75, 3.05) is 6.54 Å². The summed E-state index contributed by atoms with van der Waals surface area (Å²) >= 11 is 5.76. The summed E-state index contributed by atoms with van der Waals surface area (Å²) in [6.45, 7) is 2.30. The Hall–Kier alpha value is -1.13. The first-order chi connectivity index (χ1) is 9.39. The minimum Gasteiger partial charge on any atom is -0.388 e. The van der Waals surface area contributed by atoms with Gasteiger partial charge < -0.3 is 10.4 Å². The molecule has 0 unspecified atom stereocenters. The molecular formula is C15H19ClFNO2. The van der Waals surface area contributed by atoms with Gasteiger partial charge in [-0.3, -0.25) is 4.79 Å². The highest BCUT2D eigenvalue weighted by molar-refractivity contribution is 6.30. The van der Waals surface area contributed by atoms with Crippen molar-refractivity contribution in [2.24, 2.45) is 5.92 Å². The maximum atomic E-state index is 13.6. The molecule has 0 saturated heterocycles. The van der Waals surface area contributed by atoms with Crippen molar-refractivity contribution in [3.05, 3.63) is 34.6 Å². The Morgan fingerprint density at radius 2 is 2.15 bits per heavy atom. The fourth-order valence-corrected chi connectivity index (χ4v) is 2.66. The largest absolute Gasteiger partial charge is 0.388 e. The SMILES string of the molecule is CC1CCC(O)(CNC(=O)c2cc(Cl)ccc2F)CC1. The first-order valence-electron chi connectivity index (χ1n) is 6.85. The number of carbonyl (C=O) groups is 1. The van der Waals surface area contributed by atoms with E-state index in [1.165, 1.54) is 12.1 Å². The lowest BCUT2D eigenvalue weighted by molar-refractivity contribution is -0.00543. The van der Waals surface area contributed by atoms with Crippen LogP contribution in [0.5, 0.6) is 0 Å². The molecule has 0 atom stereocenters. The Balaban J connectivity index is 1.97. The average Bonchev–Trinajstić information content (AvgIpc) is 2.43. The van der Waals surface area contributed by atoms with Gasteiger partial charge in [-0.15, -0.1) is 0 Å². The highest BCUT2D eigenvalue weighted by atomic mass is 35.5. The van der Waals surface area contributed by atoms with Crippen molar-refractivity contribution in [3.8, 4) is 0 Å². The van der Waals surface area contributed by atoms with Crippen LogP contribution >= 0.6 is 11.6 Å². The Morgan fingerprint density at radius 3 is 2.80 bits per heavy atom. The third-order valence-electron chi connectivity index (χ3n) is 3.96. The molecule has 110 valence electrons. The predicted octanol–water partition coefficient (Wildman–Crippen LogP) is 3.15. The van der Waals surface area contributed by atoms with Gasteiger partial charge in [0.1, 0.15) is 5.82 Å². The van der Waals surface area contributed by atoms with Crippen LogP contribution in [-0.4, -0.2) is 23.2 Å². The summed E-state index contributed by atoms with van der Waals surface area (Å²) in [6, 6.07) is 3.84. The van der Waals surface area contributed by atoms with Crippen molar-refractivity contribution in [1.29, 1.82) is 0 Å². The Bertz CT molecular complexity index is 499. The normalized spacial score (nSPS) is 26.3. The molecule has 2 N–H and O–H groups in total. The van der Waals surface area contributed by atoms with Gasteiger partial charge in [0, 0.05) is 11.6 Å². The lowest BCUT2D eigenvalue weighted by Crippen LogP contribution is -2.45. The molecule has 0 aliphatic heterocycles. The summed E-state index contributed by atoms with van der Waals surface area (Å²) in [6.07, 6.45) is 3.20. The van der Waals surface area contributed by atoms with Gasteiger partial charge in [0.05, 0.1) is 11.2 Å². The van der Waals surface area contributed by atoms with Crippen molar-refractivity contribution >= 4 is 17.5 Å². The van der Waals surface area contributed by atoms with E-state index in [9.17, 15) is 14.3 Å². The number of hydrogen-bond donors (Lipinski definition) is 2. The van der Waals surface area contributed by atoms with Gasteiger partial charge in [0.15, 0.2) is 0 Å². The van der Waals surface area contributed by atoms with Crippen LogP contribution in [0.15, 0.2) is 18.2 Å². The average molecular weight is 300 g/mol. The maximum Gasteiger partial charge on any atom is 0.254 e. The van der Waals surface area contributed by atoms with E-state index >= 15 is 0 Å². The minimum absolute atomic E-state index is 0.0923. The van der Waals surface area contributed by atoms with Crippen LogP contribution < -0.4 is 5.32 Å². The molecule has 0 radical (unpaired) electrons. The molecule has 3 nitrogen and oxygen atoms in total. The molecule has 1 saturated carbocycles. The fraction of sp³-hybridized carbons (Fsp3) is 0.533. The summed E-state index contributed by atoms with van der Waals surface area (Å²) in [7, 11) is 0. The van der Waals surface area contributed by atoms with E-state index in [1.54, 1.807) is 0 Å². The molecule has 1 aromatic rings. The van der Waals surface area contributed by atoms with Crippen LogP contribution in [0.3, 0.4) is 0 Å². The topological polar surface area (TPSA) is 49.3 Å². The van der Waals surface area contributed by atoms with Gasteiger partial charge in [0.2, 0.25) is 0 Å². The summed E-state index contributed by atoms with van der Waals surface area (Å²) in [5.74, 6) is -0.551. The molecular weight excluding hydrogens is 281 g/mol. The number of amides is 1. The first kappa shape index (κ1) is 15.3. The zero-order chi connectivity index (χ0) is 14.8. The van der Waals surface area contributed by atoms with Crippen molar-refractivity contribution in [1.82, 2.24) is 5.32 Å². The van der Waals surface area contributed by atoms with E-state index in [-0.39, 0.29) is 12.1 Å². The summed E-state index contributed by atoms with van der Waals surface area (Å²) < 4.78 is 13.6. The number of rotatable bonds is 3. The smallest absolute Gasteiger partial charge is 0.254 e. The van der Waals surface area contributed by atoms with Crippen LogP contribution in [0.4, 0.5) is 4.39 Å². The van der Waals surface area contributed by atoms with Crippen LogP contribution in [0.1, 0.15) is 43.0 Å². The molecule has 1 aromatic carbocycles. The lowest BCUT2D eigenvalue weighted by atomic mass is 9.79. The molecule has 20 heavy (non-hydrogen) atoms. The lowest BCUT2D eigenvalue weighted by Gasteiger charge is -2.34. The Morgan fingerprint density at radius 1 is 1.50 bits per heavy atom. The van der Waals surface area contributed by atoms with Gasteiger partial charge in [-0.2, -0.15) is 0 Å². The minimum atomic E-state index is -0.878. The summed E-state index contributed by atoms with van der Waals surface area (Å²) in [4.78, 5) is 11.9. The maximum absolute atomic E-state index is 13.6. The molecule has 2 rings (SSSR count). The second-order valence-electron chi connectivity index (χ2n) is 5.71. The molecule has 0 heterocycles. The van der Waals surface area contributed by atoms with Gasteiger partial charge in [0.25, 0.3) is 5.91 Å². The molecule has 1 aliphatic carbocycles. The molecule has 0 bridgehead atoms. The summed E-state index contributed by atoms with van der Waals surface area (Å²) in [5.41, 5.74) is -0.970. The molecule has 1 fully saturated rings. The monoisotopic (exact) mass is 299 g/mol. The highest BCUT2D eigenvalue weighted by Crippen LogP contribution is 2.31. The molecule has 0 aromatic heterocycles. The summed E-state index contributed by atoms with van der Waals surface area (Å²) in [5, 5.41) is 13.3. The number of nitrogens with one attached hydrogen (secondary N) is 1. The second-order valence-corrected chi connectivity index (χ2v) is 6.15. The number of aliphatic hydroxyl groups is 1. The highest BCUT2D eigenvalue weighted by Gasteiger charge is 2.32. The van der Waals surface area contributed by atoms with Crippen molar-refractivity contribution in [2.45, 2.75) is 38.2 Å². The van der Waals surface area contributed by atoms with E-state index in [0.29, 0.717) is 23.8 Å². The zero-order valence-electron chi connectivity index (χ0n) is 11.5. The first-order valence-corrected chi connectivity index (χ1v) is 7.23. The molecule has 0 spiro atoms.